The largest absolute Gasteiger partial charge is 0.454 e. The van der Waals surface area contributed by atoms with Gasteiger partial charge < -0.3 is 29.3 Å². The number of amides is 3. The first-order chi connectivity index (χ1) is 15.5. The maximum Gasteiger partial charge on any atom is 0.409 e. The molecular weight excluding hydrogens is 416 g/mol. The van der Waals surface area contributed by atoms with E-state index in [0.717, 1.165) is 23.6 Å². The number of likely N-dealkylation sites (tertiary alicyclic amines) is 1. The van der Waals surface area contributed by atoms with Crippen molar-refractivity contribution in [1.82, 2.24) is 20.0 Å². The van der Waals surface area contributed by atoms with E-state index in [-0.39, 0.29) is 18.9 Å². The Morgan fingerprint density at radius 1 is 1.00 bits per heavy atom. The number of ether oxygens (including phenoxy) is 3. The molecule has 0 radical (unpaired) electrons. The van der Waals surface area contributed by atoms with Crippen molar-refractivity contribution in [3.63, 3.8) is 0 Å². The minimum atomic E-state index is -0.566. The Balaban J connectivity index is 1.19. The number of piperidine rings is 1. The average Bonchev–Trinajstić information content (AvgIpc) is 3.28. The molecule has 0 aliphatic carbocycles. The zero-order chi connectivity index (χ0) is 22.5. The highest BCUT2D eigenvalue weighted by Crippen LogP contribution is 2.32. The second kappa shape index (κ2) is 10.1. The van der Waals surface area contributed by atoms with Crippen molar-refractivity contribution in [3.05, 3.63) is 23.8 Å². The van der Waals surface area contributed by atoms with Crippen LogP contribution in [0.5, 0.6) is 11.5 Å². The summed E-state index contributed by atoms with van der Waals surface area (Å²) in [5, 5.41) is 2.83. The molecule has 3 aliphatic rings. The molecule has 3 aliphatic heterocycles. The number of nitrogens with one attached hydrogen (secondary N) is 1. The average molecular weight is 447 g/mol. The molecule has 174 valence electrons. The second-order valence-electron chi connectivity index (χ2n) is 8.19. The van der Waals surface area contributed by atoms with Crippen LogP contribution in [0.25, 0.3) is 0 Å². The first-order valence-electron chi connectivity index (χ1n) is 11.2. The Bertz CT molecular complexity index is 847. The van der Waals surface area contributed by atoms with E-state index in [9.17, 15) is 14.4 Å². The highest BCUT2D eigenvalue weighted by atomic mass is 16.7. The molecule has 0 atom stereocenters. The number of nitrogens with zero attached hydrogens (tertiary/aromatic N) is 3. The zero-order valence-electron chi connectivity index (χ0n) is 18.4. The summed E-state index contributed by atoms with van der Waals surface area (Å²) in [5.74, 6) is 0.479. The van der Waals surface area contributed by atoms with Crippen LogP contribution >= 0.6 is 0 Å². The first-order valence-corrected chi connectivity index (χ1v) is 11.2. The van der Waals surface area contributed by atoms with Crippen LogP contribution in [0.15, 0.2) is 18.2 Å². The highest BCUT2D eigenvalue weighted by Gasteiger charge is 2.30. The van der Waals surface area contributed by atoms with Crippen LogP contribution in [-0.4, -0.2) is 91.3 Å². The van der Waals surface area contributed by atoms with E-state index in [4.69, 9.17) is 14.2 Å². The van der Waals surface area contributed by atoms with E-state index in [1.807, 2.05) is 18.2 Å². The van der Waals surface area contributed by atoms with Crippen LogP contribution in [-0.2, 0) is 20.9 Å². The van der Waals surface area contributed by atoms with Crippen molar-refractivity contribution in [2.75, 3.05) is 52.7 Å². The van der Waals surface area contributed by atoms with E-state index in [1.165, 1.54) is 0 Å². The van der Waals surface area contributed by atoms with Crippen molar-refractivity contribution in [2.45, 2.75) is 32.4 Å². The van der Waals surface area contributed by atoms with Crippen LogP contribution in [0.1, 0.15) is 25.3 Å². The van der Waals surface area contributed by atoms with Gasteiger partial charge >= 0.3 is 17.9 Å². The maximum atomic E-state index is 12.6. The molecule has 32 heavy (non-hydrogen) atoms. The topological polar surface area (TPSA) is 101 Å². The summed E-state index contributed by atoms with van der Waals surface area (Å²) in [7, 11) is 0. The van der Waals surface area contributed by atoms with E-state index in [2.05, 4.69) is 10.2 Å². The van der Waals surface area contributed by atoms with Crippen molar-refractivity contribution >= 4 is 17.9 Å². The molecule has 2 saturated heterocycles. The van der Waals surface area contributed by atoms with Gasteiger partial charge in [-0.1, -0.05) is 6.07 Å². The Morgan fingerprint density at radius 2 is 1.72 bits per heavy atom. The molecule has 10 nitrogen and oxygen atoms in total. The monoisotopic (exact) mass is 446 g/mol. The SMILES string of the molecule is CCOC(=O)N1CCC(NC(=O)C(=O)N2CCN(Cc3ccc4c(c3)OCO4)CC2)CC1. The predicted molar refractivity (Wildman–Crippen MR) is 114 cm³/mol. The van der Waals surface area contributed by atoms with Crippen LogP contribution in [0.4, 0.5) is 4.79 Å². The van der Waals surface area contributed by atoms with Gasteiger partial charge in [-0.05, 0) is 37.5 Å². The fourth-order valence-corrected chi connectivity index (χ4v) is 4.22. The zero-order valence-corrected chi connectivity index (χ0v) is 18.4. The fraction of sp³-hybridized carbons (Fsp3) is 0.591. The number of fused-ring (bicyclic) bond motifs is 1. The quantitative estimate of drug-likeness (QED) is 0.683. The summed E-state index contributed by atoms with van der Waals surface area (Å²) in [4.78, 5) is 42.3. The van der Waals surface area contributed by atoms with Crippen molar-refractivity contribution in [3.8, 4) is 11.5 Å². The lowest BCUT2D eigenvalue weighted by atomic mass is 10.1. The number of hydrogen-bond acceptors (Lipinski definition) is 7. The molecular formula is C22H30N4O6. The number of benzene rings is 1. The number of rotatable bonds is 4. The molecule has 0 aromatic heterocycles. The number of carbonyl (C=O) groups is 3. The molecule has 1 N–H and O–H groups in total. The summed E-state index contributed by atoms with van der Waals surface area (Å²) in [6, 6.07) is 5.81. The van der Waals surface area contributed by atoms with Gasteiger partial charge in [0.15, 0.2) is 11.5 Å². The smallest absolute Gasteiger partial charge is 0.409 e. The third-order valence-electron chi connectivity index (χ3n) is 6.05. The fourth-order valence-electron chi connectivity index (χ4n) is 4.22. The van der Waals surface area contributed by atoms with Crippen molar-refractivity contribution < 1.29 is 28.6 Å². The summed E-state index contributed by atoms with van der Waals surface area (Å²) in [6.45, 7) is 6.57. The van der Waals surface area contributed by atoms with E-state index < -0.39 is 11.8 Å². The van der Waals surface area contributed by atoms with Crippen LogP contribution in [0, 0.1) is 0 Å². The lowest BCUT2D eigenvalue weighted by Crippen LogP contribution is -2.54. The molecule has 3 heterocycles. The van der Waals surface area contributed by atoms with Gasteiger partial charge in [0.1, 0.15) is 0 Å². The summed E-state index contributed by atoms with van der Waals surface area (Å²) < 4.78 is 15.8. The van der Waals surface area contributed by atoms with Gasteiger partial charge in [-0.3, -0.25) is 14.5 Å². The Hall–Kier alpha value is -3.01. The van der Waals surface area contributed by atoms with Gasteiger partial charge in [-0.15, -0.1) is 0 Å². The molecule has 4 rings (SSSR count). The van der Waals surface area contributed by atoms with Crippen molar-refractivity contribution in [2.24, 2.45) is 0 Å². The molecule has 3 amide bonds. The van der Waals surface area contributed by atoms with Gasteiger partial charge in [-0.2, -0.15) is 0 Å². The van der Waals surface area contributed by atoms with Gasteiger partial charge in [-0.25, -0.2) is 4.79 Å². The third-order valence-corrected chi connectivity index (χ3v) is 6.05. The predicted octanol–water partition coefficient (Wildman–Crippen LogP) is 0.797. The Kier molecular flexibility index (Phi) is 6.99. The Labute approximate surface area is 187 Å². The van der Waals surface area contributed by atoms with E-state index in [1.54, 1.807) is 16.7 Å². The van der Waals surface area contributed by atoms with Gasteiger partial charge in [0.25, 0.3) is 0 Å². The lowest BCUT2D eigenvalue weighted by molar-refractivity contribution is -0.147. The standard InChI is InChI=1S/C22H30N4O6/c1-2-30-22(29)26-7-5-17(6-8-26)23-20(27)21(28)25-11-9-24(10-12-25)14-16-3-4-18-19(13-16)32-15-31-18/h3-4,13,17H,2,5-12,14-15H2,1H3,(H,23,27). The van der Waals surface area contributed by atoms with Gasteiger partial charge in [0, 0.05) is 51.9 Å². The second-order valence-corrected chi connectivity index (χ2v) is 8.19. The third kappa shape index (κ3) is 5.24. The minimum Gasteiger partial charge on any atom is -0.454 e. The summed E-state index contributed by atoms with van der Waals surface area (Å²) in [6.07, 6.45) is 0.898. The molecule has 1 aromatic rings. The summed E-state index contributed by atoms with van der Waals surface area (Å²) in [5.41, 5.74) is 1.13. The molecule has 1 aromatic carbocycles. The molecule has 2 fully saturated rings. The molecule has 0 saturated carbocycles. The van der Waals surface area contributed by atoms with E-state index >= 15 is 0 Å². The Morgan fingerprint density at radius 3 is 2.44 bits per heavy atom. The van der Waals surface area contributed by atoms with Gasteiger partial charge in [0.05, 0.1) is 6.61 Å². The number of hydrogen-bond donors (Lipinski definition) is 1. The normalized spacial score (nSPS) is 19.0. The minimum absolute atomic E-state index is 0.107. The van der Waals surface area contributed by atoms with Gasteiger partial charge in [0.2, 0.25) is 6.79 Å². The highest BCUT2D eigenvalue weighted by molar-refractivity contribution is 6.35. The number of carbonyl (C=O) groups excluding carboxylic acids is 3. The van der Waals surface area contributed by atoms with Crippen LogP contribution in [0.2, 0.25) is 0 Å². The van der Waals surface area contributed by atoms with Crippen molar-refractivity contribution in [1.29, 1.82) is 0 Å². The lowest BCUT2D eigenvalue weighted by Gasteiger charge is -2.35. The summed E-state index contributed by atoms with van der Waals surface area (Å²) >= 11 is 0. The van der Waals surface area contributed by atoms with Crippen LogP contribution in [0.3, 0.4) is 0 Å². The number of piperazine rings is 1. The molecule has 0 unspecified atom stereocenters. The van der Waals surface area contributed by atoms with Crippen LogP contribution < -0.4 is 14.8 Å². The molecule has 0 bridgehead atoms. The first kappa shape index (κ1) is 22.2. The van der Waals surface area contributed by atoms with E-state index in [0.29, 0.717) is 58.7 Å². The molecule has 0 spiro atoms. The molecule has 10 heteroatoms. The maximum absolute atomic E-state index is 12.6.